The molecular weight excluding hydrogens is 365 g/mol. The molecular formula is C24H32FN3O. The third-order valence-corrected chi connectivity index (χ3v) is 5.39. The molecule has 1 amide bonds. The molecule has 2 aromatic rings. The summed E-state index contributed by atoms with van der Waals surface area (Å²) in [6.45, 7) is 7.39. The Kier molecular flexibility index (Phi) is 7.78. The molecule has 2 N–H and O–H groups in total. The van der Waals surface area contributed by atoms with E-state index in [1.54, 1.807) is 12.1 Å². The summed E-state index contributed by atoms with van der Waals surface area (Å²) in [5, 5.41) is 6.63. The average Bonchev–Trinajstić information content (AvgIpc) is 3.10. The fraction of sp³-hybridized carbons (Fsp3) is 0.458. The van der Waals surface area contributed by atoms with Gasteiger partial charge < -0.3 is 10.6 Å². The topological polar surface area (TPSA) is 44.4 Å². The summed E-state index contributed by atoms with van der Waals surface area (Å²) in [6.07, 6.45) is 1.30. The Labute approximate surface area is 173 Å². The lowest BCUT2D eigenvalue weighted by atomic mass is 10.1. The van der Waals surface area contributed by atoms with E-state index in [1.165, 1.54) is 11.6 Å². The van der Waals surface area contributed by atoms with Crippen LogP contribution in [0.25, 0.3) is 0 Å². The molecule has 0 aromatic heterocycles. The van der Waals surface area contributed by atoms with Crippen LogP contribution in [0.15, 0.2) is 54.6 Å². The number of halogens is 1. The van der Waals surface area contributed by atoms with Gasteiger partial charge in [0.15, 0.2) is 0 Å². The van der Waals surface area contributed by atoms with E-state index in [0.717, 1.165) is 26.1 Å². The molecule has 0 bridgehead atoms. The Hall–Kier alpha value is -2.24. The monoisotopic (exact) mass is 397 g/mol. The van der Waals surface area contributed by atoms with Crippen molar-refractivity contribution in [2.45, 2.75) is 45.3 Å². The van der Waals surface area contributed by atoms with Crippen LogP contribution in [-0.2, 0) is 17.8 Å². The van der Waals surface area contributed by atoms with Crippen LogP contribution in [0.4, 0.5) is 4.39 Å². The predicted octanol–water partition coefficient (Wildman–Crippen LogP) is 3.37. The first kappa shape index (κ1) is 21.5. The van der Waals surface area contributed by atoms with E-state index in [-0.39, 0.29) is 23.8 Å². The van der Waals surface area contributed by atoms with Crippen molar-refractivity contribution in [3.05, 3.63) is 71.5 Å². The number of rotatable bonds is 9. The molecule has 1 heterocycles. The van der Waals surface area contributed by atoms with E-state index in [0.29, 0.717) is 24.4 Å². The van der Waals surface area contributed by atoms with Crippen LogP contribution in [0.5, 0.6) is 0 Å². The van der Waals surface area contributed by atoms with Gasteiger partial charge in [0.25, 0.3) is 0 Å². The van der Waals surface area contributed by atoms with E-state index in [4.69, 9.17) is 0 Å². The van der Waals surface area contributed by atoms with Gasteiger partial charge in [0, 0.05) is 32.2 Å². The van der Waals surface area contributed by atoms with Gasteiger partial charge in [-0.3, -0.25) is 9.69 Å². The predicted molar refractivity (Wildman–Crippen MR) is 115 cm³/mol. The third kappa shape index (κ3) is 6.38. The summed E-state index contributed by atoms with van der Waals surface area (Å²) in [4.78, 5) is 15.1. The minimum absolute atomic E-state index is 0.0472. The molecule has 5 heteroatoms. The lowest BCUT2D eigenvalue weighted by Crippen LogP contribution is -2.45. The molecule has 1 fully saturated rings. The number of hydrogen-bond donors (Lipinski definition) is 2. The van der Waals surface area contributed by atoms with Crippen molar-refractivity contribution in [1.29, 1.82) is 0 Å². The van der Waals surface area contributed by atoms with Crippen LogP contribution >= 0.6 is 0 Å². The van der Waals surface area contributed by atoms with Gasteiger partial charge in [-0.25, -0.2) is 4.39 Å². The lowest BCUT2D eigenvalue weighted by molar-refractivity contribution is -0.125. The largest absolute Gasteiger partial charge is 0.354 e. The van der Waals surface area contributed by atoms with E-state index >= 15 is 0 Å². The Morgan fingerprint density at radius 2 is 1.86 bits per heavy atom. The van der Waals surface area contributed by atoms with Crippen LogP contribution in [-0.4, -0.2) is 42.5 Å². The van der Waals surface area contributed by atoms with Crippen molar-refractivity contribution in [2.75, 3.05) is 19.6 Å². The van der Waals surface area contributed by atoms with Gasteiger partial charge >= 0.3 is 0 Å². The van der Waals surface area contributed by atoms with Crippen molar-refractivity contribution in [1.82, 2.24) is 15.5 Å². The van der Waals surface area contributed by atoms with Crippen LogP contribution in [0.1, 0.15) is 31.4 Å². The number of likely N-dealkylation sites (tertiary alicyclic amines) is 1. The molecule has 0 saturated carbocycles. The van der Waals surface area contributed by atoms with Crippen LogP contribution < -0.4 is 10.6 Å². The Bertz CT molecular complexity index is 781. The lowest BCUT2D eigenvalue weighted by Gasteiger charge is -2.25. The van der Waals surface area contributed by atoms with Crippen molar-refractivity contribution < 1.29 is 9.18 Å². The van der Waals surface area contributed by atoms with Gasteiger partial charge in [-0.2, -0.15) is 0 Å². The van der Waals surface area contributed by atoms with Gasteiger partial charge in [-0.05, 0) is 36.0 Å². The molecule has 1 saturated heterocycles. The second-order valence-corrected chi connectivity index (χ2v) is 8.30. The van der Waals surface area contributed by atoms with Crippen LogP contribution in [0.3, 0.4) is 0 Å². The molecule has 0 spiro atoms. The minimum atomic E-state index is -0.214. The highest BCUT2D eigenvalue weighted by molar-refractivity contribution is 5.82. The number of nitrogens with one attached hydrogen (secondary N) is 2. The maximum absolute atomic E-state index is 13.8. The number of hydrogen-bond acceptors (Lipinski definition) is 3. The second-order valence-electron chi connectivity index (χ2n) is 8.30. The molecule has 1 aliphatic rings. The molecule has 2 atom stereocenters. The minimum Gasteiger partial charge on any atom is -0.354 e. The zero-order chi connectivity index (χ0) is 20.6. The second kappa shape index (κ2) is 10.5. The number of carbonyl (C=O) groups is 1. The van der Waals surface area contributed by atoms with E-state index < -0.39 is 0 Å². The first-order chi connectivity index (χ1) is 14.0. The smallest absolute Gasteiger partial charge is 0.237 e. The Balaban J connectivity index is 1.53. The summed E-state index contributed by atoms with van der Waals surface area (Å²) >= 11 is 0. The van der Waals surface area contributed by atoms with Gasteiger partial charge in [0.05, 0.1) is 6.04 Å². The van der Waals surface area contributed by atoms with Crippen molar-refractivity contribution in [3.63, 3.8) is 0 Å². The number of amides is 1. The maximum Gasteiger partial charge on any atom is 0.237 e. The molecule has 1 aliphatic heterocycles. The van der Waals surface area contributed by atoms with Gasteiger partial charge in [0.2, 0.25) is 5.91 Å². The van der Waals surface area contributed by atoms with E-state index in [1.807, 2.05) is 24.3 Å². The van der Waals surface area contributed by atoms with Crippen LogP contribution in [0, 0.1) is 11.7 Å². The standard InChI is InChI=1S/C24H32FN3O/c1-18(2)16-28-17-21(27-15-19-8-4-3-5-9-19)14-23(28)24(29)26-13-12-20-10-6-7-11-22(20)25/h3-11,18,21,23,27H,12-17H2,1-2H3,(H,26,29)/t21-,23-/m0/s1. The maximum atomic E-state index is 13.8. The van der Waals surface area contributed by atoms with E-state index in [2.05, 4.69) is 41.5 Å². The number of benzene rings is 2. The number of carbonyl (C=O) groups excluding carboxylic acids is 1. The Morgan fingerprint density at radius 1 is 1.14 bits per heavy atom. The summed E-state index contributed by atoms with van der Waals surface area (Å²) in [7, 11) is 0. The SMILES string of the molecule is CC(C)CN1C[C@@H](NCc2ccccc2)C[C@H]1C(=O)NCCc1ccccc1F. The van der Waals surface area contributed by atoms with E-state index in [9.17, 15) is 9.18 Å². The average molecular weight is 398 g/mol. The zero-order valence-corrected chi connectivity index (χ0v) is 17.4. The third-order valence-electron chi connectivity index (χ3n) is 5.39. The summed E-state index contributed by atoms with van der Waals surface area (Å²) in [5.41, 5.74) is 1.89. The van der Waals surface area contributed by atoms with Crippen molar-refractivity contribution in [3.8, 4) is 0 Å². The molecule has 2 aromatic carbocycles. The quantitative estimate of drug-likeness (QED) is 0.682. The Morgan fingerprint density at radius 3 is 2.59 bits per heavy atom. The van der Waals surface area contributed by atoms with Crippen molar-refractivity contribution >= 4 is 5.91 Å². The fourth-order valence-corrected chi connectivity index (χ4v) is 3.99. The van der Waals surface area contributed by atoms with Crippen LogP contribution in [0.2, 0.25) is 0 Å². The summed E-state index contributed by atoms with van der Waals surface area (Å²) in [6, 6.07) is 17.2. The van der Waals surface area contributed by atoms with Gasteiger partial charge in [-0.1, -0.05) is 62.4 Å². The molecule has 29 heavy (non-hydrogen) atoms. The first-order valence-electron chi connectivity index (χ1n) is 10.6. The first-order valence-corrected chi connectivity index (χ1v) is 10.6. The number of nitrogens with zero attached hydrogens (tertiary/aromatic N) is 1. The molecule has 156 valence electrons. The highest BCUT2D eigenvalue weighted by Gasteiger charge is 2.36. The fourth-order valence-electron chi connectivity index (χ4n) is 3.99. The molecule has 0 aliphatic carbocycles. The molecule has 3 rings (SSSR count). The van der Waals surface area contributed by atoms with Gasteiger partial charge in [0.1, 0.15) is 5.82 Å². The molecule has 0 unspecified atom stereocenters. The highest BCUT2D eigenvalue weighted by Crippen LogP contribution is 2.20. The molecule has 0 radical (unpaired) electrons. The molecule has 4 nitrogen and oxygen atoms in total. The van der Waals surface area contributed by atoms with Crippen molar-refractivity contribution in [2.24, 2.45) is 5.92 Å². The normalized spacial score (nSPS) is 19.6. The summed E-state index contributed by atoms with van der Waals surface area (Å²) in [5.74, 6) is 0.330. The highest BCUT2D eigenvalue weighted by atomic mass is 19.1. The zero-order valence-electron chi connectivity index (χ0n) is 17.4. The summed E-state index contributed by atoms with van der Waals surface area (Å²) < 4.78 is 13.8. The van der Waals surface area contributed by atoms with Gasteiger partial charge in [-0.15, -0.1) is 0 Å².